The molecule has 1 aromatic heterocycles. The van der Waals surface area contributed by atoms with Crippen LogP contribution in [0, 0.1) is 12.1 Å². The first-order valence-electron chi connectivity index (χ1n) is 22.9. The number of carbonyl (C=O) groups excluding carboxylic acids is 1. The second kappa shape index (κ2) is 35.6. The van der Waals surface area contributed by atoms with E-state index in [2.05, 4.69) is 103 Å². The van der Waals surface area contributed by atoms with Gasteiger partial charge in [-0.2, -0.15) is 73.4 Å². The van der Waals surface area contributed by atoms with Crippen LogP contribution >= 0.6 is 12.0 Å². The summed E-state index contributed by atoms with van der Waals surface area (Å²) in [6.07, 6.45) is 8.17. The summed E-state index contributed by atoms with van der Waals surface area (Å²) in [4.78, 5) is 21.8. The monoisotopic (exact) mass is 1260 g/mol. The standard InChI is InChI=1S/C37H35N2O3S.C16H10N2O8S2.4Na.2O3S/c1-3-38(27-29-13-7-5-8-14-29)33-23-19-31(20-24-33)37(35-17-11-12-18-36(35)43(40,41)42)32-21-25-34(26-22-32)39(4-2)28-30-15-9-6-10-16-30;19-15-9-3-1-7(27-26-25-21)5-12(9)18-13(15)14-16(20)10-6-8(28(22,23)24)2-4-11(10)17-14;;;;;2*1-4(2)3/h7-26H,3-4,27-28H2,1-2H3,(H,40,41,42);1-6,17,20-21H,(H,22,23,24);;;;;;/q-1;;4*+1;;/p-2. The maximum absolute atomic E-state index is 12.7. The van der Waals surface area contributed by atoms with Gasteiger partial charge in [-0.1, -0.05) is 35.9 Å². The minimum atomic E-state index is -4.71. The summed E-state index contributed by atoms with van der Waals surface area (Å²) < 4.78 is 126. The van der Waals surface area contributed by atoms with Crippen LogP contribution in [0.5, 0.6) is 5.75 Å². The second-order valence-corrected chi connectivity index (χ2v) is 20.8. The Labute approximate surface area is 574 Å². The molecule has 1 aliphatic heterocycles. The van der Waals surface area contributed by atoms with Crippen LogP contribution < -0.4 is 128 Å². The van der Waals surface area contributed by atoms with Gasteiger partial charge in [0, 0.05) is 52.3 Å². The van der Waals surface area contributed by atoms with Crippen molar-refractivity contribution in [2.75, 3.05) is 18.0 Å². The van der Waals surface area contributed by atoms with Gasteiger partial charge in [0.1, 0.15) is 39.5 Å². The summed E-state index contributed by atoms with van der Waals surface area (Å²) in [5.41, 5.74) is 8.20. The minimum absolute atomic E-state index is 0. The third-order valence-electron chi connectivity index (χ3n) is 11.6. The number of carbonyl (C=O) groups is 1. The number of H-pyrrole nitrogens is 1. The molecule has 2 heterocycles. The van der Waals surface area contributed by atoms with Crippen LogP contribution in [0.25, 0.3) is 16.5 Å². The van der Waals surface area contributed by atoms with Crippen molar-refractivity contribution >= 4 is 98.6 Å². The maximum Gasteiger partial charge on any atom is 1.00 e. The number of Topliss-reactive ketones (excluding diaryl/α,β-unsaturated/α-hetero) is 1. The van der Waals surface area contributed by atoms with Gasteiger partial charge in [0.25, 0.3) is 10.1 Å². The Bertz CT molecular complexity index is 3980. The molecule has 0 radical (unpaired) electrons. The zero-order valence-corrected chi connectivity index (χ0v) is 57.3. The predicted molar refractivity (Wildman–Crippen MR) is 286 cm³/mol. The van der Waals surface area contributed by atoms with E-state index in [1.165, 1.54) is 41.5 Å². The number of aromatic amines is 1. The molecule has 6 aromatic carbocycles. The Morgan fingerprint density at radius 3 is 1.89 bits per heavy atom. The Hall–Kier alpha value is -4.02. The number of nitrogens with zero attached hydrogens (tertiary/aromatic N) is 3. The predicted octanol–water partition coefficient (Wildman–Crippen LogP) is -5.51. The SMILES string of the molecule is CCN(Cc1cc[c-]cc1)c1ccc(C(=C2C=CC(=[N+](CC)Cc3cc[c-]cc3)C=C2)c2ccccc2S(=O)(=O)O)cc1.O=C1C(c2[nH]c3ccc(S(=O)(=O)[O-])cc3c2O)=Nc2cc(SOO[O-])ccc21.O=S(=O)=O.O=S(=O)=O.[Na+].[Na+].[Na+].[Na+]. The van der Waals surface area contributed by atoms with Crippen LogP contribution in [0.3, 0.4) is 0 Å². The Morgan fingerprint density at radius 1 is 0.771 bits per heavy atom. The van der Waals surface area contributed by atoms with Crippen LogP contribution in [0.15, 0.2) is 183 Å². The van der Waals surface area contributed by atoms with E-state index in [0.29, 0.717) is 33.7 Å². The number of allylic oxidation sites excluding steroid dienone is 5. The third kappa shape index (κ3) is 21.4. The van der Waals surface area contributed by atoms with Gasteiger partial charge in [-0.25, -0.2) is 18.0 Å². The summed E-state index contributed by atoms with van der Waals surface area (Å²) in [5, 5.41) is 23.7. The minimum Gasteiger partial charge on any atom is -0.744 e. The van der Waals surface area contributed by atoms with Crippen molar-refractivity contribution in [2.24, 2.45) is 4.99 Å². The maximum atomic E-state index is 12.7. The fourth-order valence-electron chi connectivity index (χ4n) is 8.17. The Kier molecular flexibility index (Phi) is 32.2. The van der Waals surface area contributed by atoms with Gasteiger partial charge in [-0.3, -0.25) is 14.4 Å². The van der Waals surface area contributed by atoms with E-state index in [-0.39, 0.29) is 145 Å². The summed E-state index contributed by atoms with van der Waals surface area (Å²) in [6, 6.07) is 44.8. The number of hydrogen-bond acceptors (Lipinski definition) is 19. The number of anilines is 1. The second-order valence-electron chi connectivity index (χ2n) is 16.4. The average molecular weight is 1260 g/mol. The number of aliphatic imine (C=N–C) groups is 1. The number of hydrogen-bond donors (Lipinski definition) is 3. The van der Waals surface area contributed by atoms with E-state index in [4.69, 9.17) is 25.3 Å². The molecule has 21 nitrogen and oxygen atoms in total. The molecule has 0 bridgehead atoms. The smallest absolute Gasteiger partial charge is 0.744 e. The zero-order valence-electron chi connectivity index (χ0n) is 45.2. The average Bonchev–Trinajstić information content (AvgIpc) is 4.09. The van der Waals surface area contributed by atoms with Crippen LogP contribution in [0.4, 0.5) is 11.4 Å². The van der Waals surface area contributed by atoms with Crippen molar-refractivity contribution in [1.82, 2.24) is 4.98 Å². The zero-order chi connectivity index (χ0) is 57.4. The number of rotatable bonds is 15. The van der Waals surface area contributed by atoms with Gasteiger partial charge in [0.05, 0.1) is 28.2 Å². The van der Waals surface area contributed by atoms with E-state index in [1.54, 1.807) is 18.2 Å². The number of aromatic hydroxyl groups is 1. The van der Waals surface area contributed by atoms with Crippen molar-refractivity contribution < 1.29 is 199 Å². The van der Waals surface area contributed by atoms with Crippen molar-refractivity contribution in [2.45, 2.75) is 41.6 Å². The summed E-state index contributed by atoms with van der Waals surface area (Å²) in [6.45, 7) is 7.45. The van der Waals surface area contributed by atoms with Gasteiger partial charge in [0.15, 0.2) is 11.5 Å². The molecule has 3 N–H and O–H groups in total. The first-order chi connectivity index (χ1) is 37.6. The Balaban J connectivity index is 0.000000508. The van der Waals surface area contributed by atoms with Gasteiger partial charge in [-0.05, 0) is 97.3 Å². The van der Waals surface area contributed by atoms with E-state index in [9.17, 15) is 41.1 Å². The summed E-state index contributed by atoms with van der Waals surface area (Å²) in [5.74, 6) is -0.871. The molecular weight excluding hydrogens is 1220 g/mol. The van der Waals surface area contributed by atoms with Crippen molar-refractivity contribution in [3.63, 3.8) is 0 Å². The largest absolute Gasteiger partial charge is 1.00 e. The van der Waals surface area contributed by atoms with E-state index in [0.717, 1.165) is 66.4 Å². The third-order valence-corrected chi connectivity index (χ3v) is 14.0. The topological polar surface area (TPSA) is 327 Å². The number of fused-ring (bicyclic) bond motifs is 2. The molecule has 1 aliphatic carbocycles. The number of benzene rings is 6. The number of aromatic nitrogens is 1. The fraction of sp³-hybridized carbons (Fsp3) is 0.113. The molecular formula is C53H43N4Na4O17S5+. The van der Waals surface area contributed by atoms with E-state index >= 15 is 0 Å². The quantitative estimate of drug-likeness (QED) is 0.0164. The molecule has 30 heteroatoms. The first kappa shape index (κ1) is 75.1. The molecule has 83 heavy (non-hydrogen) atoms. The molecule has 0 saturated heterocycles. The van der Waals surface area contributed by atoms with Gasteiger partial charge < -0.3 is 24.8 Å². The normalized spacial score (nSPS) is 11.9. The van der Waals surface area contributed by atoms with Crippen LogP contribution in [0.1, 0.15) is 52.2 Å². The van der Waals surface area contributed by atoms with Gasteiger partial charge >= 0.3 is 139 Å². The fourth-order valence-corrected chi connectivity index (χ4v) is 9.76. The molecule has 7 aromatic rings. The molecule has 0 saturated carbocycles. The van der Waals surface area contributed by atoms with Gasteiger partial charge in [-0.15, -0.1) is 30.8 Å². The van der Waals surface area contributed by atoms with E-state index < -0.39 is 57.9 Å². The van der Waals surface area contributed by atoms with Crippen LogP contribution in [-0.2, 0) is 63.9 Å². The molecule has 410 valence electrons. The Morgan fingerprint density at radius 2 is 1.35 bits per heavy atom. The van der Waals surface area contributed by atoms with Crippen LogP contribution in [-0.4, -0.2) is 96.2 Å². The van der Waals surface area contributed by atoms with E-state index in [1.807, 2.05) is 48.6 Å². The van der Waals surface area contributed by atoms with Crippen molar-refractivity contribution in [3.05, 3.63) is 209 Å². The number of nitrogens with one attached hydrogen (secondary N) is 1. The molecule has 0 atom stereocenters. The summed E-state index contributed by atoms with van der Waals surface area (Å²) in [7, 11) is -15.4. The van der Waals surface area contributed by atoms with Crippen LogP contribution in [0.2, 0.25) is 0 Å². The first-order valence-corrected chi connectivity index (χ1v) is 28.5. The molecule has 0 unspecified atom stereocenters. The molecule has 2 aliphatic rings. The molecule has 0 fully saturated rings. The molecule has 0 spiro atoms. The van der Waals surface area contributed by atoms with Crippen molar-refractivity contribution in [3.8, 4) is 5.75 Å². The summed E-state index contributed by atoms with van der Waals surface area (Å²) >= 11 is 0.637. The molecule has 9 rings (SSSR count). The van der Waals surface area contributed by atoms with Gasteiger partial charge in [0.2, 0.25) is 5.78 Å². The number of ketones is 1. The van der Waals surface area contributed by atoms with Crippen molar-refractivity contribution in [1.29, 1.82) is 0 Å². The molecule has 0 amide bonds.